The van der Waals surface area contributed by atoms with Crippen molar-refractivity contribution >= 4 is 11.6 Å². The van der Waals surface area contributed by atoms with Crippen molar-refractivity contribution in [1.82, 2.24) is 5.06 Å². The van der Waals surface area contributed by atoms with Crippen molar-refractivity contribution in [3.8, 4) is 0 Å². The van der Waals surface area contributed by atoms with Crippen molar-refractivity contribution in [2.24, 2.45) is 5.41 Å². The maximum absolute atomic E-state index is 13.1. The molecule has 0 saturated heterocycles. The molecule has 1 aromatic rings. The first-order valence-corrected chi connectivity index (χ1v) is 10.6. The predicted molar refractivity (Wildman–Crippen MR) is 120 cm³/mol. The average Bonchev–Trinajstić information content (AvgIpc) is 2.75. The number of carbonyl (C=O) groups is 1. The normalized spacial score (nSPS) is 23.2. The molecule has 1 N–H and O–H groups in total. The molecule has 167 valence electrons. The standard InChI is InChI=1S/C25H33N2O4/c1-14-11-18(22-26(30)24(6,7)25(8,9)27(22)31)15(2)10-17(14)16-12-19(23(3,4)5)21(29)20(28)13-16/h10-13,16,28H,1-9H3. The van der Waals surface area contributed by atoms with Crippen LogP contribution in [0.15, 0.2) is 35.6 Å². The van der Waals surface area contributed by atoms with E-state index in [9.17, 15) is 20.3 Å². The number of nitrogens with zero attached hydrogens (tertiary/aromatic N) is 2. The molecule has 1 heterocycles. The second-order valence-corrected chi connectivity index (χ2v) is 10.8. The van der Waals surface area contributed by atoms with Crippen molar-refractivity contribution < 1.29 is 19.8 Å². The number of aryl methyl sites for hydroxylation is 2. The van der Waals surface area contributed by atoms with Crippen molar-refractivity contribution in [1.29, 1.82) is 0 Å². The van der Waals surface area contributed by atoms with E-state index in [1.165, 1.54) is 0 Å². The van der Waals surface area contributed by atoms with Crippen molar-refractivity contribution in [3.05, 3.63) is 63.1 Å². The second kappa shape index (κ2) is 6.95. The third kappa shape index (κ3) is 3.37. The Kier molecular flexibility index (Phi) is 5.18. The van der Waals surface area contributed by atoms with E-state index in [0.29, 0.717) is 11.1 Å². The van der Waals surface area contributed by atoms with Crippen LogP contribution in [0.1, 0.15) is 76.6 Å². The smallest absolute Gasteiger partial charge is 0.317 e. The third-order valence-corrected chi connectivity index (χ3v) is 7.08. The quantitative estimate of drug-likeness (QED) is 0.541. The van der Waals surface area contributed by atoms with Gasteiger partial charge in [0, 0.05) is 16.7 Å². The summed E-state index contributed by atoms with van der Waals surface area (Å²) in [6.07, 6.45) is 3.46. The number of benzene rings is 1. The lowest BCUT2D eigenvalue weighted by molar-refractivity contribution is -0.539. The Morgan fingerprint density at radius 1 is 1.06 bits per heavy atom. The fourth-order valence-electron chi connectivity index (χ4n) is 4.22. The summed E-state index contributed by atoms with van der Waals surface area (Å²) in [4.78, 5) is 12.5. The number of hydroxylamine groups is 3. The molecule has 0 spiro atoms. The van der Waals surface area contributed by atoms with E-state index in [1.54, 1.807) is 33.8 Å². The molecule has 6 heteroatoms. The number of amidine groups is 1. The summed E-state index contributed by atoms with van der Waals surface area (Å²) in [7, 11) is 0. The molecule has 1 unspecified atom stereocenters. The molecule has 3 rings (SSSR count). The third-order valence-electron chi connectivity index (χ3n) is 7.08. The zero-order valence-corrected chi connectivity index (χ0v) is 20.0. The van der Waals surface area contributed by atoms with Gasteiger partial charge in [0.2, 0.25) is 5.78 Å². The largest absolute Gasteiger partial charge is 0.714 e. The summed E-state index contributed by atoms with van der Waals surface area (Å²) in [5.41, 5.74) is 1.61. The maximum Gasteiger partial charge on any atom is 0.317 e. The van der Waals surface area contributed by atoms with Gasteiger partial charge in [-0.25, -0.2) is 0 Å². The number of carbonyl (C=O) groups excluding carboxylic acids is 1. The van der Waals surface area contributed by atoms with Gasteiger partial charge in [0.25, 0.3) is 0 Å². The summed E-state index contributed by atoms with van der Waals surface area (Å²) in [5, 5.41) is 37.3. The SMILES string of the molecule is Cc1cc(C2C=C(O)C(=O)C(C(C)(C)C)=C2)c(C)cc1C1=[N+]([O-])C(C)(C)C(C)(C)N1[O]. The first-order chi connectivity index (χ1) is 14.0. The predicted octanol–water partition coefficient (Wildman–Crippen LogP) is 4.86. The molecule has 2 aliphatic rings. The summed E-state index contributed by atoms with van der Waals surface area (Å²) in [5.74, 6) is -0.744. The van der Waals surface area contributed by atoms with Gasteiger partial charge < -0.3 is 10.3 Å². The number of ketones is 1. The van der Waals surface area contributed by atoms with Crippen LogP contribution in [0.2, 0.25) is 0 Å². The van der Waals surface area contributed by atoms with E-state index in [4.69, 9.17) is 0 Å². The molecule has 1 atom stereocenters. The van der Waals surface area contributed by atoms with Crippen LogP contribution in [0.3, 0.4) is 0 Å². The number of Topliss-reactive ketones (excluding diaryl/α,β-unsaturated/α-hetero) is 1. The van der Waals surface area contributed by atoms with Crippen LogP contribution in [-0.4, -0.2) is 37.6 Å². The van der Waals surface area contributed by atoms with Gasteiger partial charge in [-0.2, -0.15) is 0 Å². The number of allylic oxidation sites excluding steroid dienone is 3. The van der Waals surface area contributed by atoms with E-state index in [2.05, 4.69) is 0 Å². The van der Waals surface area contributed by atoms with Gasteiger partial charge in [-0.05, 0) is 75.8 Å². The molecular weight excluding hydrogens is 392 g/mol. The second-order valence-electron chi connectivity index (χ2n) is 10.8. The molecule has 0 saturated carbocycles. The maximum atomic E-state index is 13.1. The Morgan fingerprint density at radius 3 is 2.13 bits per heavy atom. The fraction of sp³-hybridized carbons (Fsp3) is 0.520. The van der Waals surface area contributed by atoms with Gasteiger partial charge in [0.05, 0.1) is 5.56 Å². The molecule has 31 heavy (non-hydrogen) atoms. The van der Waals surface area contributed by atoms with Crippen LogP contribution in [-0.2, 0) is 10.0 Å². The van der Waals surface area contributed by atoms with E-state index in [0.717, 1.165) is 26.5 Å². The van der Waals surface area contributed by atoms with Crippen molar-refractivity contribution in [2.45, 2.75) is 79.3 Å². The molecule has 0 bridgehead atoms. The summed E-state index contributed by atoms with van der Waals surface area (Å²) in [6.45, 7) is 16.7. The van der Waals surface area contributed by atoms with E-state index < -0.39 is 16.5 Å². The van der Waals surface area contributed by atoms with Crippen LogP contribution in [0.25, 0.3) is 0 Å². The Labute approximate surface area is 184 Å². The van der Waals surface area contributed by atoms with Gasteiger partial charge in [0.1, 0.15) is 5.54 Å². The number of aliphatic hydroxyl groups is 1. The van der Waals surface area contributed by atoms with Crippen molar-refractivity contribution in [2.75, 3.05) is 0 Å². The highest BCUT2D eigenvalue weighted by molar-refractivity contribution is 6.08. The van der Waals surface area contributed by atoms with E-state index in [1.807, 2.05) is 52.8 Å². The Hall–Kier alpha value is -2.60. The number of aliphatic hydroxyl groups excluding tert-OH is 1. The average molecular weight is 426 g/mol. The van der Waals surface area contributed by atoms with Gasteiger partial charge in [-0.15, -0.1) is 0 Å². The Bertz CT molecular complexity index is 1050. The lowest BCUT2D eigenvalue weighted by Gasteiger charge is -2.32. The molecule has 1 aromatic carbocycles. The lowest BCUT2D eigenvalue weighted by atomic mass is 9.76. The molecule has 1 radical (unpaired) electrons. The van der Waals surface area contributed by atoms with Crippen LogP contribution in [0, 0.1) is 24.5 Å². The summed E-state index contributed by atoms with van der Waals surface area (Å²) in [6, 6.07) is 3.80. The molecule has 6 nitrogen and oxygen atoms in total. The van der Waals surface area contributed by atoms with Crippen LogP contribution in [0.4, 0.5) is 0 Å². The van der Waals surface area contributed by atoms with Gasteiger partial charge in [-0.1, -0.05) is 38.0 Å². The van der Waals surface area contributed by atoms with Crippen molar-refractivity contribution in [3.63, 3.8) is 0 Å². The fourth-order valence-corrected chi connectivity index (χ4v) is 4.22. The van der Waals surface area contributed by atoms with Gasteiger partial charge >= 0.3 is 5.84 Å². The molecule has 0 aromatic heterocycles. The molecule has 0 amide bonds. The Balaban J connectivity index is 2.14. The first-order valence-electron chi connectivity index (χ1n) is 10.6. The number of hydrogen-bond donors (Lipinski definition) is 1. The van der Waals surface area contributed by atoms with Gasteiger partial charge in [0.15, 0.2) is 11.3 Å². The number of hydrogen-bond acceptors (Lipinski definition) is 4. The molecule has 0 fully saturated rings. The minimum Gasteiger partial charge on any atom is -0.714 e. The molecular formula is C25H33N2O4. The van der Waals surface area contributed by atoms with Gasteiger partial charge in [-0.3, -0.25) is 9.53 Å². The highest BCUT2D eigenvalue weighted by Crippen LogP contribution is 2.40. The highest BCUT2D eigenvalue weighted by Gasteiger charge is 2.60. The summed E-state index contributed by atoms with van der Waals surface area (Å²) < 4.78 is 0.823. The minimum atomic E-state index is -0.883. The minimum absolute atomic E-state index is 0.116. The topological polar surface area (TPSA) is 86.5 Å². The van der Waals surface area contributed by atoms with Crippen LogP contribution in [0.5, 0.6) is 0 Å². The van der Waals surface area contributed by atoms with E-state index >= 15 is 0 Å². The highest BCUT2D eigenvalue weighted by atomic mass is 16.5. The van der Waals surface area contributed by atoms with Crippen LogP contribution < -0.4 is 0 Å². The molecule has 1 aliphatic heterocycles. The first kappa shape index (κ1) is 23.1. The number of rotatable bonds is 2. The zero-order chi connectivity index (χ0) is 23.7. The zero-order valence-electron chi connectivity index (χ0n) is 20.0. The van der Waals surface area contributed by atoms with Crippen LogP contribution >= 0.6 is 0 Å². The monoisotopic (exact) mass is 425 g/mol. The van der Waals surface area contributed by atoms with E-state index in [-0.39, 0.29) is 23.3 Å². The molecule has 1 aliphatic carbocycles. The lowest BCUT2D eigenvalue weighted by Crippen LogP contribution is -2.53. The summed E-state index contributed by atoms with van der Waals surface area (Å²) >= 11 is 0. The Morgan fingerprint density at radius 2 is 1.65 bits per heavy atom.